The minimum Gasteiger partial charge on any atom is -0.278 e. The van der Waals surface area contributed by atoms with Crippen molar-refractivity contribution in [3.8, 4) is 0 Å². The molecule has 0 unspecified atom stereocenters. The van der Waals surface area contributed by atoms with Gasteiger partial charge in [0.25, 0.3) is 0 Å². The van der Waals surface area contributed by atoms with Crippen LogP contribution in [0.2, 0.25) is 0 Å². The lowest BCUT2D eigenvalue weighted by atomic mass is 9.89. The number of fused-ring (bicyclic) bond motifs is 1. The van der Waals surface area contributed by atoms with Crippen molar-refractivity contribution in [2.75, 3.05) is 0 Å². The standard InChI is InChI=1S/C12H13F3N2/c1-11(2,3)10-8-6-7(12(13,14)15)4-5-9(8)16-17-10/h4-6H,1-3H3,(H,16,17). The Morgan fingerprint density at radius 1 is 1.12 bits per heavy atom. The maximum atomic E-state index is 12.6. The van der Waals surface area contributed by atoms with E-state index in [-0.39, 0.29) is 5.41 Å². The number of alkyl halides is 3. The number of hydrogen-bond acceptors (Lipinski definition) is 1. The number of halogens is 3. The van der Waals surface area contributed by atoms with E-state index in [0.29, 0.717) is 16.6 Å². The first kappa shape index (κ1) is 12.0. The molecule has 17 heavy (non-hydrogen) atoms. The summed E-state index contributed by atoms with van der Waals surface area (Å²) in [5, 5.41) is 7.39. The molecule has 0 saturated heterocycles. The summed E-state index contributed by atoms with van der Waals surface area (Å²) < 4.78 is 37.9. The van der Waals surface area contributed by atoms with Gasteiger partial charge in [-0.15, -0.1) is 0 Å². The monoisotopic (exact) mass is 242 g/mol. The van der Waals surface area contributed by atoms with Gasteiger partial charge in [0.05, 0.1) is 16.8 Å². The normalized spacial score (nSPS) is 13.3. The van der Waals surface area contributed by atoms with E-state index in [9.17, 15) is 13.2 Å². The highest BCUT2D eigenvalue weighted by Crippen LogP contribution is 2.34. The Morgan fingerprint density at radius 2 is 1.76 bits per heavy atom. The van der Waals surface area contributed by atoms with Crippen molar-refractivity contribution in [2.24, 2.45) is 0 Å². The summed E-state index contributed by atoms with van der Waals surface area (Å²) in [5.74, 6) is 0. The van der Waals surface area contributed by atoms with Crippen molar-refractivity contribution < 1.29 is 13.2 Å². The van der Waals surface area contributed by atoms with Crippen molar-refractivity contribution in [3.05, 3.63) is 29.5 Å². The third-order valence-electron chi connectivity index (χ3n) is 2.60. The number of benzene rings is 1. The number of nitrogens with one attached hydrogen (secondary N) is 1. The first-order chi connectivity index (χ1) is 7.69. The molecule has 0 spiro atoms. The molecular formula is C12H13F3N2. The lowest BCUT2D eigenvalue weighted by molar-refractivity contribution is -0.137. The molecular weight excluding hydrogens is 229 g/mol. The summed E-state index contributed by atoms with van der Waals surface area (Å²) in [7, 11) is 0. The van der Waals surface area contributed by atoms with Crippen LogP contribution in [0.3, 0.4) is 0 Å². The Kier molecular flexibility index (Phi) is 2.45. The number of hydrogen-bond donors (Lipinski definition) is 1. The molecule has 1 heterocycles. The summed E-state index contributed by atoms with van der Waals surface area (Å²) in [6.45, 7) is 5.76. The van der Waals surface area contributed by atoms with Crippen LogP contribution in [-0.2, 0) is 11.6 Å². The average Bonchev–Trinajstić information content (AvgIpc) is 2.57. The molecule has 0 aliphatic rings. The predicted molar refractivity (Wildman–Crippen MR) is 59.8 cm³/mol. The first-order valence-corrected chi connectivity index (χ1v) is 5.25. The van der Waals surface area contributed by atoms with E-state index < -0.39 is 11.7 Å². The topological polar surface area (TPSA) is 28.7 Å². The van der Waals surface area contributed by atoms with Crippen LogP contribution >= 0.6 is 0 Å². The van der Waals surface area contributed by atoms with Crippen LogP contribution in [0, 0.1) is 0 Å². The zero-order valence-electron chi connectivity index (χ0n) is 9.81. The summed E-state index contributed by atoms with van der Waals surface area (Å²) in [4.78, 5) is 0. The van der Waals surface area contributed by atoms with Gasteiger partial charge >= 0.3 is 6.18 Å². The number of rotatable bonds is 0. The molecule has 0 radical (unpaired) electrons. The van der Waals surface area contributed by atoms with Gasteiger partial charge in [0.15, 0.2) is 0 Å². The number of nitrogens with zero attached hydrogens (tertiary/aromatic N) is 1. The first-order valence-electron chi connectivity index (χ1n) is 5.25. The molecule has 5 heteroatoms. The number of H-pyrrole nitrogens is 1. The van der Waals surface area contributed by atoms with Crippen molar-refractivity contribution in [1.29, 1.82) is 0 Å². The van der Waals surface area contributed by atoms with E-state index in [1.165, 1.54) is 6.07 Å². The van der Waals surface area contributed by atoms with Gasteiger partial charge in [-0.2, -0.15) is 18.3 Å². The van der Waals surface area contributed by atoms with Gasteiger partial charge in [-0.25, -0.2) is 0 Å². The molecule has 0 aliphatic carbocycles. The van der Waals surface area contributed by atoms with Crippen LogP contribution in [0.15, 0.2) is 18.2 Å². The van der Waals surface area contributed by atoms with E-state index in [1.54, 1.807) is 0 Å². The summed E-state index contributed by atoms with van der Waals surface area (Å²) in [6.07, 6.45) is -4.32. The van der Waals surface area contributed by atoms with Crippen LogP contribution in [0.1, 0.15) is 32.0 Å². The summed E-state index contributed by atoms with van der Waals surface area (Å²) in [5.41, 5.74) is 0.348. The fourth-order valence-electron chi connectivity index (χ4n) is 1.76. The largest absolute Gasteiger partial charge is 0.416 e. The van der Waals surface area contributed by atoms with Crippen LogP contribution in [0.5, 0.6) is 0 Å². The Hall–Kier alpha value is -1.52. The third-order valence-corrected chi connectivity index (χ3v) is 2.60. The summed E-state index contributed by atoms with van der Waals surface area (Å²) in [6, 6.07) is 3.63. The smallest absolute Gasteiger partial charge is 0.278 e. The highest BCUT2D eigenvalue weighted by molar-refractivity contribution is 5.83. The van der Waals surface area contributed by atoms with Crippen LogP contribution in [-0.4, -0.2) is 10.2 Å². The fourth-order valence-corrected chi connectivity index (χ4v) is 1.76. The highest BCUT2D eigenvalue weighted by Gasteiger charge is 2.31. The van der Waals surface area contributed by atoms with Crippen molar-refractivity contribution in [1.82, 2.24) is 10.2 Å². The molecule has 1 aromatic carbocycles. The van der Waals surface area contributed by atoms with Crippen molar-refractivity contribution >= 4 is 10.9 Å². The lowest BCUT2D eigenvalue weighted by Crippen LogP contribution is -2.12. The molecule has 0 atom stereocenters. The van der Waals surface area contributed by atoms with E-state index in [1.807, 2.05) is 20.8 Å². The van der Waals surface area contributed by atoms with Gasteiger partial charge in [-0.3, -0.25) is 5.10 Å². The van der Waals surface area contributed by atoms with E-state index in [2.05, 4.69) is 10.2 Å². The van der Waals surface area contributed by atoms with E-state index in [4.69, 9.17) is 0 Å². The average molecular weight is 242 g/mol. The lowest BCUT2D eigenvalue weighted by Gasteiger charge is -2.16. The van der Waals surface area contributed by atoms with Crippen molar-refractivity contribution in [3.63, 3.8) is 0 Å². The van der Waals surface area contributed by atoms with Gasteiger partial charge in [0, 0.05) is 10.8 Å². The molecule has 2 aromatic rings. The van der Waals surface area contributed by atoms with Crippen LogP contribution < -0.4 is 0 Å². The Labute approximate surface area is 96.8 Å². The van der Waals surface area contributed by atoms with E-state index in [0.717, 1.165) is 12.1 Å². The molecule has 0 amide bonds. The van der Waals surface area contributed by atoms with Gasteiger partial charge in [-0.1, -0.05) is 20.8 Å². The van der Waals surface area contributed by atoms with Gasteiger partial charge < -0.3 is 0 Å². The summed E-state index contributed by atoms with van der Waals surface area (Å²) >= 11 is 0. The molecule has 2 rings (SSSR count). The fraction of sp³-hybridized carbons (Fsp3) is 0.417. The molecule has 1 aromatic heterocycles. The predicted octanol–water partition coefficient (Wildman–Crippen LogP) is 3.88. The SMILES string of the molecule is CC(C)(C)c1n[nH]c2ccc(C(F)(F)F)cc12. The molecule has 1 N–H and O–H groups in total. The minimum absolute atomic E-state index is 0.289. The second kappa shape index (κ2) is 3.48. The molecule has 92 valence electrons. The zero-order valence-corrected chi connectivity index (χ0v) is 9.81. The molecule has 0 aliphatic heterocycles. The highest BCUT2D eigenvalue weighted by atomic mass is 19.4. The number of aromatic nitrogens is 2. The maximum absolute atomic E-state index is 12.6. The second-order valence-corrected chi connectivity index (χ2v) is 5.08. The molecule has 2 nitrogen and oxygen atoms in total. The zero-order chi connectivity index (χ0) is 12.8. The Balaban J connectivity index is 2.67. The van der Waals surface area contributed by atoms with E-state index >= 15 is 0 Å². The van der Waals surface area contributed by atoms with Gasteiger partial charge in [0.2, 0.25) is 0 Å². The van der Waals surface area contributed by atoms with Gasteiger partial charge in [0.1, 0.15) is 0 Å². The molecule has 0 bridgehead atoms. The van der Waals surface area contributed by atoms with Gasteiger partial charge in [-0.05, 0) is 18.2 Å². The molecule has 0 saturated carbocycles. The third kappa shape index (κ3) is 2.14. The number of aromatic amines is 1. The quantitative estimate of drug-likeness (QED) is 0.746. The minimum atomic E-state index is -4.32. The Bertz CT molecular complexity index is 547. The Morgan fingerprint density at radius 3 is 2.29 bits per heavy atom. The van der Waals surface area contributed by atoms with Crippen molar-refractivity contribution in [2.45, 2.75) is 32.4 Å². The maximum Gasteiger partial charge on any atom is 0.416 e. The van der Waals surface area contributed by atoms with Crippen LogP contribution in [0.4, 0.5) is 13.2 Å². The molecule has 0 fully saturated rings. The second-order valence-electron chi connectivity index (χ2n) is 5.08. The van der Waals surface area contributed by atoms with Crippen LogP contribution in [0.25, 0.3) is 10.9 Å².